The summed E-state index contributed by atoms with van der Waals surface area (Å²) in [6, 6.07) is 11.6. The molecule has 0 heterocycles. The third-order valence-corrected chi connectivity index (χ3v) is 3.26. The fraction of sp³-hybridized carbons (Fsp3) is 0.0714. The molecular weight excluding hydrogens is 285 g/mol. The molecule has 2 aromatic carbocycles. The lowest BCUT2D eigenvalue weighted by Gasteiger charge is -2.08. The summed E-state index contributed by atoms with van der Waals surface area (Å²) in [5, 5.41) is 0.940. The molecule has 2 rings (SSSR count). The maximum Gasteiger partial charge on any atom is 0.338 e. The van der Waals surface area contributed by atoms with Gasteiger partial charge in [0.05, 0.1) is 5.56 Å². The fourth-order valence-electron chi connectivity index (χ4n) is 1.51. The second-order valence-corrected chi connectivity index (χ2v) is 4.71. The van der Waals surface area contributed by atoms with Gasteiger partial charge in [-0.25, -0.2) is 4.79 Å². The van der Waals surface area contributed by atoms with Crippen molar-refractivity contribution in [3.05, 3.63) is 63.6 Å². The molecule has 0 spiro atoms. The van der Waals surface area contributed by atoms with Gasteiger partial charge in [-0.2, -0.15) is 0 Å². The summed E-state index contributed by atoms with van der Waals surface area (Å²) in [5.74, 6) is -0.448. The summed E-state index contributed by atoms with van der Waals surface area (Å²) < 4.78 is 5.17. The summed E-state index contributed by atoms with van der Waals surface area (Å²) >= 11 is 12.0. The number of nitrogens with two attached hydrogens (primary N) is 1. The lowest BCUT2D eigenvalue weighted by molar-refractivity contribution is 0.0473. The molecular formula is C14H11Cl2NO2. The molecule has 19 heavy (non-hydrogen) atoms. The highest BCUT2D eigenvalue weighted by molar-refractivity contribution is 6.35. The molecule has 0 unspecified atom stereocenters. The standard InChI is InChI=1S/C14H11Cl2NO2/c15-12-2-1-3-13(16)11(12)8-19-14(18)9-4-6-10(17)7-5-9/h1-7H,8,17H2. The SMILES string of the molecule is Nc1ccc(C(=O)OCc2c(Cl)cccc2Cl)cc1. The molecule has 0 bridgehead atoms. The molecule has 0 aliphatic carbocycles. The fourth-order valence-corrected chi connectivity index (χ4v) is 2.02. The van der Waals surface area contributed by atoms with E-state index >= 15 is 0 Å². The summed E-state index contributed by atoms with van der Waals surface area (Å²) in [7, 11) is 0. The number of rotatable bonds is 3. The van der Waals surface area contributed by atoms with Crippen LogP contribution < -0.4 is 5.73 Å². The van der Waals surface area contributed by atoms with Crippen molar-refractivity contribution in [2.24, 2.45) is 0 Å². The number of ether oxygens (including phenoxy) is 1. The molecule has 98 valence electrons. The number of hydrogen-bond donors (Lipinski definition) is 1. The maximum atomic E-state index is 11.8. The summed E-state index contributed by atoms with van der Waals surface area (Å²) in [6.45, 7) is 0.0295. The molecule has 0 aliphatic rings. The van der Waals surface area contributed by atoms with Crippen molar-refractivity contribution in [1.82, 2.24) is 0 Å². The van der Waals surface area contributed by atoms with Gasteiger partial charge in [0.15, 0.2) is 0 Å². The predicted molar refractivity (Wildman–Crippen MR) is 76.4 cm³/mol. The van der Waals surface area contributed by atoms with Crippen LogP contribution in [0.5, 0.6) is 0 Å². The van der Waals surface area contributed by atoms with Crippen molar-refractivity contribution in [3.8, 4) is 0 Å². The van der Waals surface area contributed by atoms with Crippen molar-refractivity contribution in [3.63, 3.8) is 0 Å². The number of benzene rings is 2. The molecule has 0 amide bonds. The highest BCUT2D eigenvalue weighted by Crippen LogP contribution is 2.25. The van der Waals surface area contributed by atoms with Gasteiger partial charge in [-0.15, -0.1) is 0 Å². The van der Waals surface area contributed by atoms with Gasteiger partial charge in [-0.1, -0.05) is 29.3 Å². The molecule has 0 aliphatic heterocycles. The first-order valence-corrected chi connectivity index (χ1v) is 6.29. The minimum absolute atomic E-state index is 0.0295. The van der Waals surface area contributed by atoms with Gasteiger partial charge in [-0.05, 0) is 36.4 Å². The van der Waals surface area contributed by atoms with Crippen LogP contribution in [0.3, 0.4) is 0 Å². The molecule has 2 aromatic rings. The van der Waals surface area contributed by atoms with E-state index < -0.39 is 5.97 Å². The highest BCUT2D eigenvalue weighted by atomic mass is 35.5. The van der Waals surface area contributed by atoms with E-state index in [9.17, 15) is 4.79 Å². The van der Waals surface area contributed by atoms with Gasteiger partial charge >= 0.3 is 5.97 Å². The molecule has 0 saturated heterocycles. The average molecular weight is 296 g/mol. The first-order chi connectivity index (χ1) is 9.08. The number of nitrogen functional groups attached to an aromatic ring is 1. The Balaban J connectivity index is 2.06. The molecule has 0 fully saturated rings. The third-order valence-electron chi connectivity index (χ3n) is 2.56. The number of halogens is 2. The monoisotopic (exact) mass is 295 g/mol. The van der Waals surface area contributed by atoms with Crippen molar-refractivity contribution >= 4 is 34.9 Å². The first kappa shape index (κ1) is 13.7. The lowest BCUT2D eigenvalue weighted by atomic mass is 10.2. The number of carbonyl (C=O) groups excluding carboxylic acids is 1. The number of anilines is 1. The predicted octanol–water partition coefficient (Wildman–Crippen LogP) is 3.93. The zero-order valence-electron chi connectivity index (χ0n) is 9.90. The van der Waals surface area contributed by atoms with Crippen LogP contribution in [0.1, 0.15) is 15.9 Å². The van der Waals surface area contributed by atoms with Gasteiger partial charge in [0.2, 0.25) is 0 Å². The zero-order valence-corrected chi connectivity index (χ0v) is 11.4. The minimum Gasteiger partial charge on any atom is -0.457 e. The Hall–Kier alpha value is -1.71. The molecule has 0 atom stereocenters. The van der Waals surface area contributed by atoms with Gasteiger partial charge < -0.3 is 10.5 Å². The van der Waals surface area contributed by atoms with Crippen LogP contribution in [0.4, 0.5) is 5.69 Å². The van der Waals surface area contributed by atoms with Crippen LogP contribution in [-0.2, 0) is 11.3 Å². The first-order valence-electron chi connectivity index (χ1n) is 5.53. The summed E-state index contributed by atoms with van der Waals surface area (Å²) in [6.07, 6.45) is 0. The Morgan fingerprint density at radius 2 is 1.63 bits per heavy atom. The Bertz CT molecular complexity index is 577. The number of carbonyl (C=O) groups is 1. The Kier molecular flexibility index (Phi) is 4.30. The van der Waals surface area contributed by atoms with Crippen LogP contribution in [-0.4, -0.2) is 5.97 Å². The van der Waals surface area contributed by atoms with Crippen molar-refractivity contribution in [2.75, 3.05) is 5.73 Å². The Labute approximate surface area is 120 Å². The van der Waals surface area contributed by atoms with E-state index in [0.717, 1.165) is 0 Å². The van der Waals surface area contributed by atoms with E-state index in [4.69, 9.17) is 33.7 Å². The van der Waals surface area contributed by atoms with Crippen LogP contribution >= 0.6 is 23.2 Å². The molecule has 0 aromatic heterocycles. The quantitative estimate of drug-likeness (QED) is 0.689. The number of hydrogen-bond acceptors (Lipinski definition) is 3. The van der Waals surface area contributed by atoms with Crippen molar-refractivity contribution in [1.29, 1.82) is 0 Å². The average Bonchev–Trinajstić information content (AvgIpc) is 2.38. The topological polar surface area (TPSA) is 52.3 Å². The minimum atomic E-state index is -0.448. The smallest absolute Gasteiger partial charge is 0.338 e. The van der Waals surface area contributed by atoms with E-state index in [-0.39, 0.29) is 6.61 Å². The lowest BCUT2D eigenvalue weighted by Crippen LogP contribution is -2.06. The van der Waals surface area contributed by atoms with Crippen LogP contribution in [0.15, 0.2) is 42.5 Å². The molecule has 3 nitrogen and oxygen atoms in total. The zero-order chi connectivity index (χ0) is 13.8. The van der Waals surface area contributed by atoms with Crippen LogP contribution in [0.2, 0.25) is 10.0 Å². The summed E-state index contributed by atoms with van der Waals surface area (Å²) in [4.78, 5) is 11.8. The van der Waals surface area contributed by atoms with Gasteiger partial charge in [0.1, 0.15) is 6.61 Å². The van der Waals surface area contributed by atoms with Crippen molar-refractivity contribution < 1.29 is 9.53 Å². The molecule has 2 N–H and O–H groups in total. The molecule has 0 saturated carbocycles. The van der Waals surface area contributed by atoms with Gasteiger partial charge in [-0.3, -0.25) is 0 Å². The van der Waals surface area contributed by atoms with E-state index in [1.54, 1.807) is 42.5 Å². The highest BCUT2D eigenvalue weighted by Gasteiger charge is 2.10. The van der Waals surface area contributed by atoms with Crippen LogP contribution in [0, 0.1) is 0 Å². The third kappa shape index (κ3) is 3.40. The van der Waals surface area contributed by atoms with E-state index in [1.807, 2.05) is 0 Å². The van der Waals surface area contributed by atoms with Gasteiger partial charge in [0, 0.05) is 21.3 Å². The van der Waals surface area contributed by atoms with E-state index in [1.165, 1.54) is 0 Å². The van der Waals surface area contributed by atoms with Crippen LogP contribution in [0.25, 0.3) is 0 Å². The second-order valence-electron chi connectivity index (χ2n) is 3.90. The second kappa shape index (κ2) is 5.95. The largest absolute Gasteiger partial charge is 0.457 e. The molecule has 0 radical (unpaired) electrons. The van der Waals surface area contributed by atoms with Crippen molar-refractivity contribution in [2.45, 2.75) is 6.61 Å². The summed E-state index contributed by atoms with van der Waals surface area (Å²) in [5.41, 5.74) is 7.15. The Morgan fingerprint density at radius 1 is 1.05 bits per heavy atom. The number of esters is 1. The van der Waals surface area contributed by atoms with E-state index in [0.29, 0.717) is 26.9 Å². The molecule has 5 heteroatoms. The van der Waals surface area contributed by atoms with E-state index in [2.05, 4.69) is 0 Å². The maximum absolute atomic E-state index is 11.8. The normalized spacial score (nSPS) is 10.2. The Morgan fingerprint density at radius 3 is 2.21 bits per heavy atom. The van der Waals surface area contributed by atoms with Gasteiger partial charge in [0.25, 0.3) is 0 Å².